The standard InChI is InChI=1S/C20H20BrN3O4/c1-12(2)17(23-19(26)14-7-5-4-6-8-14)20(27)24-22-11-13-9-15(21)18(25)16(10-13)28-3/h4-11,25H,1-3H3,(H,23,26)(H,24,27). The lowest BCUT2D eigenvalue weighted by Gasteiger charge is -2.10. The van der Waals surface area contributed by atoms with Gasteiger partial charge in [-0.2, -0.15) is 5.10 Å². The number of halogens is 1. The van der Waals surface area contributed by atoms with Crippen LogP contribution < -0.4 is 15.5 Å². The predicted molar refractivity (Wildman–Crippen MR) is 110 cm³/mol. The van der Waals surface area contributed by atoms with Gasteiger partial charge in [0.05, 0.1) is 17.8 Å². The number of methoxy groups -OCH3 is 1. The van der Waals surface area contributed by atoms with Crippen LogP contribution >= 0.6 is 15.9 Å². The van der Waals surface area contributed by atoms with E-state index in [9.17, 15) is 14.7 Å². The van der Waals surface area contributed by atoms with Crippen molar-refractivity contribution in [1.29, 1.82) is 0 Å². The van der Waals surface area contributed by atoms with Crippen molar-refractivity contribution in [2.75, 3.05) is 7.11 Å². The number of hydrogen-bond acceptors (Lipinski definition) is 5. The van der Waals surface area contributed by atoms with E-state index < -0.39 is 5.91 Å². The number of carbonyl (C=O) groups is 2. The number of phenols is 1. The number of rotatable bonds is 6. The molecule has 0 atom stereocenters. The number of hydrazone groups is 1. The maximum atomic E-state index is 12.4. The fraction of sp³-hybridized carbons (Fsp3) is 0.150. The van der Waals surface area contributed by atoms with E-state index in [1.54, 1.807) is 56.3 Å². The van der Waals surface area contributed by atoms with Gasteiger partial charge in [-0.15, -0.1) is 0 Å². The van der Waals surface area contributed by atoms with Crippen molar-refractivity contribution >= 4 is 34.0 Å². The van der Waals surface area contributed by atoms with Crippen LogP contribution in [0.25, 0.3) is 0 Å². The third kappa shape index (κ3) is 5.43. The van der Waals surface area contributed by atoms with E-state index in [0.29, 0.717) is 21.2 Å². The van der Waals surface area contributed by atoms with Crippen LogP contribution in [-0.2, 0) is 4.79 Å². The van der Waals surface area contributed by atoms with Gasteiger partial charge in [0.25, 0.3) is 11.8 Å². The molecule has 2 aromatic carbocycles. The van der Waals surface area contributed by atoms with E-state index in [1.807, 2.05) is 0 Å². The second kappa shape index (κ2) is 9.70. The number of nitrogens with zero attached hydrogens (tertiary/aromatic N) is 1. The van der Waals surface area contributed by atoms with E-state index in [1.165, 1.54) is 13.3 Å². The van der Waals surface area contributed by atoms with E-state index in [0.717, 1.165) is 0 Å². The topological polar surface area (TPSA) is 100 Å². The zero-order valence-corrected chi connectivity index (χ0v) is 17.2. The number of ether oxygens (including phenoxy) is 1. The molecule has 0 fully saturated rings. The molecule has 0 aliphatic heterocycles. The van der Waals surface area contributed by atoms with Crippen molar-refractivity contribution in [3.05, 3.63) is 69.3 Å². The second-order valence-corrected chi connectivity index (χ2v) is 6.80. The Balaban J connectivity index is 2.09. The molecule has 7 nitrogen and oxygen atoms in total. The predicted octanol–water partition coefficient (Wildman–Crippen LogP) is 3.34. The maximum absolute atomic E-state index is 12.4. The molecule has 2 aromatic rings. The first kappa shape index (κ1) is 21.2. The number of allylic oxidation sites excluding steroid dienone is 1. The van der Waals surface area contributed by atoms with Gasteiger partial charge < -0.3 is 15.2 Å². The van der Waals surface area contributed by atoms with E-state index in [-0.39, 0.29) is 23.1 Å². The lowest BCUT2D eigenvalue weighted by atomic mass is 10.2. The van der Waals surface area contributed by atoms with Crippen LogP contribution in [0.5, 0.6) is 11.5 Å². The summed E-state index contributed by atoms with van der Waals surface area (Å²) in [5, 5.41) is 16.3. The molecule has 0 saturated heterocycles. The molecule has 8 heteroatoms. The van der Waals surface area contributed by atoms with Crippen LogP contribution in [0.3, 0.4) is 0 Å². The zero-order valence-electron chi connectivity index (χ0n) is 15.6. The Morgan fingerprint density at radius 3 is 2.46 bits per heavy atom. The summed E-state index contributed by atoms with van der Waals surface area (Å²) >= 11 is 3.22. The number of nitrogens with one attached hydrogen (secondary N) is 2. The van der Waals surface area contributed by atoms with Crippen molar-refractivity contribution < 1.29 is 19.4 Å². The Morgan fingerprint density at radius 1 is 1.18 bits per heavy atom. The molecule has 0 radical (unpaired) electrons. The van der Waals surface area contributed by atoms with Gasteiger partial charge in [0.15, 0.2) is 11.5 Å². The maximum Gasteiger partial charge on any atom is 0.287 e. The van der Waals surface area contributed by atoms with Gasteiger partial charge in [0.2, 0.25) is 0 Å². The van der Waals surface area contributed by atoms with Gasteiger partial charge in [-0.25, -0.2) is 5.43 Å². The third-order valence-corrected chi connectivity index (χ3v) is 4.26. The minimum atomic E-state index is -0.551. The minimum absolute atomic E-state index is 0.0286. The van der Waals surface area contributed by atoms with Gasteiger partial charge in [-0.05, 0) is 65.2 Å². The molecule has 146 valence electrons. The monoisotopic (exact) mass is 445 g/mol. The van der Waals surface area contributed by atoms with Crippen LogP contribution in [0.4, 0.5) is 0 Å². The van der Waals surface area contributed by atoms with Crippen LogP contribution in [0.1, 0.15) is 29.8 Å². The molecule has 0 aromatic heterocycles. The number of phenolic OH excluding ortho intramolecular Hbond substituents is 1. The Labute approximate surface area is 171 Å². The second-order valence-electron chi connectivity index (χ2n) is 5.95. The molecule has 2 rings (SSSR count). The molecule has 0 spiro atoms. The number of amides is 2. The van der Waals surface area contributed by atoms with Crippen molar-refractivity contribution in [2.45, 2.75) is 13.8 Å². The third-order valence-electron chi connectivity index (χ3n) is 3.65. The fourth-order valence-electron chi connectivity index (χ4n) is 2.23. The summed E-state index contributed by atoms with van der Waals surface area (Å²) in [4.78, 5) is 24.7. The highest BCUT2D eigenvalue weighted by Gasteiger charge is 2.15. The number of benzene rings is 2. The quantitative estimate of drug-likeness (QED) is 0.360. The summed E-state index contributed by atoms with van der Waals surface area (Å²) in [6, 6.07) is 11.8. The van der Waals surface area contributed by atoms with Gasteiger partial charge in [0, 0.05) is 5.56 Å². The average molecular weight is 446 g/mol. The molecule has 28 heavy (non-hydrogen) atoms. The first-order valence-corrected chi connectivity index (χ1v) is 9.06. The lowest BCUT2D eigenvalue weighted by molar-refractivity contribution is -0.117. The molecule has 0 aliphatic rings. The molecular formula is C20H20BrN3O4. The van der Waals surface area contributed by atoms with Gasteiger partial charge in [0.1, 0.15) is 5.70 Å². The highest BCUT2D eigenvalue weighted by Crippen LogP contribution is 2.34. The summed E-state index contributed by atoms with van der Waals surface area (Å²) < 4.78 is 5.50. The van der Waals surface area contributed by atoms with Gasteiger partial charge in [-0.1, -0.05) is 18.2 Å². The Kier molecular flexibility index (Phi) is 7.34. The minimum Gasteiger partial charge on any atom is -0.503 e. The summed E-state index contributed by atoms with van der Waals surface area (Å²) in [6.07, 6.45) is 1.40. The van der Waals surface area contributed by atoms with Gasteiger partial charge in [-0.3, -0.25) is 9.59 Å². The van der Waals surface area contributed by atoms with Crippen molar-refractivity contribution in [2.24, 2.45) is 5.10 Å². The first-order valence-electron chi connectivity index (χ1n) is 8.27. The number of carbonyl (C=O) groups excluding carboxylic acids is 2. The summed E-state index contributed by atoms with van der Waals surface area (Å²) in [7, 11) is 1.43. The first-order chi connectivity index (χ1) is 13.3. The number of hydrogen-bond donors (Lipinski definition) is 3. The van der Waals surface area contributed by atoms with Crippen LogP contribution in [0.15, 0.2) is 63.3 Å². The molecule has 3 N–H and O–H groups in total. The Hall–Kier alpha value is -3.13. The van der Waals surface area contributed by atoms with Crippen molar-refractivity contribution in [3.63, 3.8) is 0 Å². The molecule has 2 amide bonds. The van der Waals surface area contributed by atoms with Crippen LogP contribution in [0, 0.1) is 0 Å². The van der Waals surface area contributed by atoms with E-state index >= 15 is 0 Å². The Morgan fingerprint density at radius 2 is 1.86 bits per heavy atom. The molecule has 0 unspecified atom stereocenters. The SMILES string of the molecule is COc1cc(C=NNC(=O)C(NC(=O)c2ccccc2)=C(C)C)cc(Br)c1O. The number of aromatic hydroxyl groups is 1. The molecule has 0 heterocycles. The summed E-state index contributed by atoms with van der Waals surface area (Å²) in [5.41, 5.74) is 4.17. The smallest absolute Gasteiger partial charge is 0.287 e. The fourth-order valence-corrected chi connectivity index (χ4v) is 2.69. The van der Waals surface area contributed by atoms with Crippen molar-refractivity contribution in [1.82, 2.24) is 10.7 Å². The summed E-state index contributed by atoms with van der Waals surface area (Å²) in [5.74, 6) is -0.699. The lowest BCUT2D eigenvalue weighted by Crippen LogP contribution is -2.33. The van der Waals surface area contributed by atoms with Crippen LogP contribution in [0.2, 0.25) is 0 Å². The van der Waals surface area contributed by atoms with E-state index in [2.05, 4.69) is 31.8 Å². The van der Waals surface area contributed by atoms with Crippen LogP contribution in [-0.4, -0.2) is 30.2 Å². The summed E-state index contributed by atoms with van der Waals surface area (Å²) in [6.45, 7) is 3.43. The van der Waals surface area contributed by atoms with E-state index in [4.69, 9.17) is 4.74 Å². The zero-order chi connectivity index (χ0) is 20.7. The van der Waals surface area contributed by atoms with Crippen molar-refractivity contribution in [3.8, 4) is 11.5 Å². The largest absolute Gasteiger partial charge is 0.503 e. The highest BCUT2D eigenvalue weighted by molar-refractivity contribution is 9.10. The Bertz CT molecular complexity index is 936. The highest BCUT2D eigenvalue weighted by atomic mass is 79.9. The normalized spacial score (nSPS) is 10.4. The average Bonchev–Trinajstić information content (AvgIpc) is 2.68. The molecule has 0 aliphatic carbocycles. The molecule has 0 bridgehead atoms. The molecule has 0 saturated carbocycles. The molecular weight excluding hydrogens is 426 g/mol. The van der Waals surface area contributed by atoms with Gasteiger partial charge >= 0.3 is 0 Å².